The van der Waals surface area contributed by atoms with Crippen molar-refractivity contribution in [2.45, 2.75) is 46.6 Å². The minimum Gasteiger partial charge on any atom is -0.396 e. The van der Waals surface area contributed by atoms with E-state index in [1.807, 2.05) is 19.1 Å². The highest BCUT2D eigenvalue weighted by Crippen LogP contribution is 2.21. The minimum absolute atomic E-state index is 0.0333. The van der Waals surface area contributed by atoms with Crippen LogP contribution >= 0.6 is 0 Å². The number of hydrogen-bond donors (Lipinski definition) is 2. The Morgan fingerprint density at radius 3 is 2.68 bits per heavy atom. The highest BCUT2D eigenvalue weighted by Gasteiger charge is 2.25. The highest BCUT2D eigenvalue weighted by molar-refractivity contribution is 5.78. The van der Waals surface area contributed by atoms with Crippen LogP contribution in [0.4, 0.5) is 0 Å². The van der Waals surface area contributed by atoms with Crippen molar-refractivity contribution in [3.05, 3.63) is 29.6 Å². The molecular formula is C15H24N2O2. The molecule has 1 atom stereocenters. The lowest BCUT2D eigenvalue weighted by molar-refractivity contribution is -0.122. The summed E-state index contributed by atoms with van der Waals surface area (Å²) in [4.78, 5) is 16.3. The maximum absolute atomic E-state index is 12.1. The number of aliphatic hydroxyl groups is 1. The molecule has 0 spiro atoms. The molecule has 1 unspecified atom stereocenters. The fraction of sp³-hybridized carbons (Fsp3) is 0.600. The smallest absolute Gasteiger partial charge is 0.226 e. The predicted molar refractivity (Wildman–Crippen MR) is 75.8 cm³/mol. The van der Waals surface area contributed by atoms with E-state index in [-0.39, 0.29) is 30.4 Å². The molecule has 1 rings (SSSR count). The average molecular weight is 264 g/mol. The largest absolute Gasteiger partial charge is 0.396 e. The summed E-state index contributed by atoms with van der Waals surface area (Å²) in [6.45, 7) is 8.19. The Balaban J connectivity index is 2.66. The van der Waals surface area contributed by atoms with Crippen LogP contribution in [-0.4, -0.2) is 28.6 Å². The van der Waals surface area contributed by atoms with E-state index in [1.54, 1.807) is 6.20 Å². The summed E-state index contributed by atoms with van der Waals surface area (Å²) < 4.78 is 0. The van der Waals surface area contributed by atoms with Gasteiger partial charge in [0.15, 0.2) is 0 Å². The standard InChI is InChI=1S/C15H24N2O2/c1-11-6-5-8-16-12(11)10-14(19)17-13(7-9-18)15(2,3)4/h5-6,8,13,18H,7,9-10H2,1-4H3,(H,17,19). The van der Waals surface area contributed by atoms with Crippen molar-refractivity contribution < 1.29 is 9.90 Å². The van der Waals surface area contributed by atoms with E-state index in [9.17, 15) is 4.79 Å². The molecule has 106 valence electrons. The number of carbonyl (C=O) groups is 1. The lowest BCUT2D eigenvalue weighted by atomic mass is 9.85. The van der Waals surface area contributed by atoms with E-state index < -0.39 is 0 Å². The van der Waals surface area contributed by atoms with Gasteiger partial charge in [0.2, 0.25) is 5.91 Å². The monoisotopic (exact) mass is 264 g/mol. The maximum Gasteiger partial charge on any atom is 0.226 e. The molecule has 19 heavy (non-hydrogen) atoms. The van der Waals surface area contributed by atoms with Crippen LogP contribution in [0.25, 0.3) is 0 Å². The molecule has 1 aromatic rings. The van der Waals surface area contributed by atoms with Crippen molar-refractivity contribution in [2.75, 3.05) is 6.61 Å². The zero-order valence-corrected chi connectivity index (χ0v) is 12.2. The number of nitrogens with one attached hydrogen (secondary N) is 1. The molecule has 0 aliphatic heterocycles. The Morgan fingerprint density at radius 2 is 2.16 bits per heavy atom. The first kappa shape index (κ1) is 15.6. The summed E-state index contributed by atoms with van der Waals surface area (Å²) in [5.74, 6) is -0.0461. The van der Waals surface area contributed by atoms with Gasteiger partial charge in [-0.05, 0) is 30.4 Å². The Kier molecular flexibility index (Phi) is 5.48. The minimum atomic E-state index is -0.0719. The molecule has 0 saturated carbocycles. The van der Waals surface area contributed by atoms with Crippen LogP contribution < -0.4 is 5.32 Å². The van der Waals surface area contributed by atoms with Crippen molar-refractivity contribution in [3.63, 3.8) is 0 Å². The second-order valence-corrected chi connectivity index (χ2v) is 5.94. The van der Waals surface area contributed by atoms with Gasteiger partial charge in [-0.3, -0.25) is 9.78 Å². The number of pyridine rings is 1. The Bertz CT molecular complexity index is 424. The van der Waals surface area contributed by atoms with Crippen molar-refractivity contribution >= 4 is 5.91 Å². The topological polar surface area (TPSA) is 62.2 Å². The molecule has 1 amide bonds. The van der Waals surface area contributed by atoms with Gasteiger partial charge in [0.25, 0.3) is 0 Å². The Morgan fingerprint density at radius 1 is 1.47 bits per heavy atom. The van der Waals surface area contributed by atoms with E-state index in [4.69, 9.17) is 5.11 Å². The van der Waals surface area contributed by atoms with Gasteiger partial charge in [0.05, 0.1) is 12.1 Å². The number of hydrogen-bond acceptors (Lipinski definition) is 3. The second kappa shape index (κ2) is 6.66. The van der Waals surface area contributed by atoms with Crippen molar-refractivity contribution in [3.8, 4) is 0 Å². The second-order valence-electron chi connectivity index (χ2n) is 5.94. The normalized spacial score (nSPS) is 13.1. The van der Waals surface area contributed by atoms with Crippen LogP contribution in [0.5, 0.6) is 0 Å². The number of aromatic nitrogens is 1. The molecule has 0 aliphatic carbocycles. The molecule has 0 aliphatic rings. The molecule has 0 bridgehead atoms. The highest BCUT2D eigenvalue weighted by atomic mass is 16.3. The molecule has 1 aromatic heterocycles. The van der Waals surface area contributed by atoms with Gasteiger partial charge in [0, 0.05) is 18.8 Å². The van der Waals surface area contributed by atoms with Gasteiger partial charge in [-0.25, -0.2) is 0 Å². The Labute approximate surface area is 115 Å². The van der Waals surface area contributed by atoms with Crippen molar-refractivity contribution in [2.24, 2.45) is 5.41 Å². The number of carbonyl (C=O) groups excluding carboxylic acids is 1. The van der Waals surface area contributed by atoms with E-state index >= 15 is 0 Å². The third kappa shape index (κ3) is 4.99. The molecule has 2 N–H and O–H groups in total. The van der Waals surface area contributed by atoms with Crippen molar-refractivity contribution in [1.29, 1.82) is 0 Å². The van der Waals surface area contributed by atoms with Crippen LogP contribution in [0.2, 0.25) is 0 Å². The first-order valence-corrected chi connectivity index (χ1v) is 6.65. The van der Waals surface area contributed by atoms with Crippen LogP contribution in [-0.2, 0) is 11.2 Å². The maximum atomic E-state index is 12.1. The van der Waals surface area contributed by atoms with Gasteiger partial charge in [-0.2, -0.15) is 0 Å². The third-order valence-corrected chi connectivity index (χ3v) is 3.24. The van der Waals surface area contributed by atoms with Gasteiger partial charge in [0.1, 0.15) is 0 Å². The van der Waals surface area contributed by atoms with E-state index in [0.29, 0.717) is 6.42 Å². The fourth-order valence-corrected chi connectivity index (χ4v) is 1.95. The summed E-state index contributed by atoms with van der Waals surface area (Å²) in [6, 6.07) is 3.78. The van der Waals surface area contributed by atoms with E-state index in [0.717, 1.165) is 11.3 Å². The predicted octanol–water partition coefficient (Wildman–Crippen LogP) is 1.85. The zero-order chi connectivity index (χ0) is 14.5. The number of nitrogens with zero attached hydrogens (tertiary/aromatic N) is 1. The van der Waals surface area contributed by atoms with Gasteiger partial charge >= 0.3 is 0 Å². The first-order valence-electron chi connectivity index (χ1n) is 6.65. The summed E-state index contributed by atoms with van der Waals surface area (Å²) >= 11 is 0. The first-order chi connectivity index (χ1) is 8.84. The molecule has 4 heteroatoms. The van der Waals surface area contributed by atoms with Gasteiger partial charge in [-0.15, -0.1) is 0 Å². The Hall–Kier alpha value is -1.42. The zero-order valence-electron chi connectivity index (χ0n) is 12.2. The summed E-state index contributed by atoms with van der Waals surface area (Å²) in [6.07, 6.45) is 2.55. The lowest BCUT2D eigenvalue weighted by Crippen LogP contribution is -2.45. The van der Waals surface area contributed by atoms with Crippen LogP contribution in [0.3, 0.4) is 0 Å². The lowest BCUT2D eigenvalue weighted by Gasteiger charge is -2.31. The number of amides is 1. The van der Waals surface area contributed by atoms with Gasteiger partial charge < -0.3 is 10.4 Å². The molecule has 0 aromatic carbocycles. The molecule has 0 fully saturated rings. The van der Waals surface area contributed by atoms with Crippen LogP contribution in [0.15, 0.2) is 18.3 Å². The van der Waals surface area contributed by atoms with E-state index in [2.05, 4.69) is 31.1 Å². The quantitative estimate of drug-likeness (QED) is 0.853. The molecular weight excluding hydrogens is 240 g/mol. The molecule has 4 nitrogen and oxygen atoms in total. The van der Waals surface area contributed by atoms with Crippen molar-refractivity contribution in [1.82, 2.24) is 10.3 Å². The van der Waals surface area contributed by atoms with Crippen LogP contribution in [0.1, 0.15) is 38.4 Å². The number of rotatable bonds is 5. The molecule has 0 radical (unpaired) electrons. The SMILES string of the molecule is Cc1cccnc1CC(=O)NC(CCO)C(C)(C)C. The summed E-state index contributed by atoms with van der Waals surface area (Å²) in [5, 5.41) is 12.1. The van der Waals surface area contributed by atoms with Gasteiger partial charge in [-0.1, -0.05) is 26.8 Å². The fourth-order valence-electron chi connectivity index (χ4n) is 1.95. The summed E-state index contributed by atoms with van der Waals surface area (Å²) in [7, 11) is 0. The average Bonchev–Trinajstić information content (AvgIpc) is 2.30. The van der Waals surface area contributed by atoms with Crippen LogP contribution in [0, 0.1) is 12.3 Å². The number of aliphatic hydroxyl groups excluding tert-OH is 1. The third-order valence-electron chi connectivity index (χ3n) is 3.24. The molecule has 0 saturated heterocycles. The molecule has 1 heterocycles. The summed E-state index contributed by atoms with van der Waals surface area (Å²) in [5.41, 5.74) is 1.75. The number of aryl methyl sites for hydroxylation is 1. The van der Waals surface area contributed by atoms with E-state index in [1.165, 1.54) is 0 Å².